The Morgan fingerprint density at radius 2 is 1.59 bits per heavy atom. The molecule has 1 saturated carbocycles. The molecule has 0 amide bonds. The highest BCUT2D eigenvalue weighted by molar-refractivity contribution is 5.55. The van der Waals surface area contributed by atoms with Gasteiger partial charge in [0.1, 0.15) is 0 Å². The number of hydrogen-bond acceptors (Lipinski definition) is 3. The number of aliphatic hydroxyl groups excluding tert-OH is 2. The molecule has 2 aromatic carbocycles. The van der Waals surface area contributed by atoms with Gasteiger partial charge in [-0.1, -0.05) is 94.7 Å². The molecule has 0 spiro atoms. The van der Waals surface area contributed by atoms with Gasteiger partial charge in [0.25, 0.3) is 0 Å². The molecular weight excluding hydrogens is 396 g/mol. The number of aryl methyl sites for hydroxylation is 2. The summed E-state index contributed by atoms with van der Waals surface area (Å²) >= 11 is 0. The van der Waals surface area contributed by atoms with E-state index in [0.29, 0.717) is 5.56 Å². The average molecular weight is 437 g/mol. The van der Waals surface area contributed by atoms with E-state index < -0.39 is 12.4 Å². The van der Waals surface area contributed by atoms with E-state index in [4.69, 9.17) is 0 Å². The van der Waals surface area contributed by atoms with Crippen molar-refractivity contribution in [1.82, 2.24) is 0 Å². The first kappa shape index (κ1) is 24.7. The maximum absolute atomic E-state index is 10.3. The molecule has 1 fully saturated rings. The van der Waals surface area contributed by atoms with Gasteiger partial charge in [0.2, 0.25) is 0 Å². The van der Waals surface area contributed by atoms with Gasteiger partial charge >= 0.3 is 0 Å². The Morgan fingerprint density at radius 3 is 2.16 bits per heavy atom. The fraction of sp³-hybridized carbons (Fsp3) is 0.517. The molecule has 1 aliphatic carbocycles. The van der Waals surface area contributed by atoms with Crippen molar-refractivity contribution in [2.45, 2.75) is 90.4 Å². The van der Waals surface area contributed by atoms with Crippen LogP contribution in [0.3, 0.4) is 0 Å². The third-order valence-corrected chi connectivity index (χ3v) is 7.21. The Morgan fingerprint density at radius 1 is 0.938 bits per heavy atom. The quantitative estimate of drug-likeness (QED) is 0.451. The molecular formula is C29H40O3. The van der Waals surface area contributed by atoms with Crippen molar-refractivity contribution in [3.05, 3.63) is 76.4 Å². The molecule has 3 heteroatoms. The molecule has 0 bridgehead atoms. The van der Waals surface area contributed by atoms with Crippen molar-refractivity contribution in [3.63, 3.8) is 0 Å². The van der Waals surface area contributed by atoms with E-state index in [9.17, 15) is 15.3 Å². The van der Waals surface area contributed by atoms with Crippen LogP contribution in [-0.4, -0.2) is 21.4 Å². The van der Waals surface area contributed by atoms with Crippen molar-refractivity contribution < 1.29 is 15.3 Å². The fourth-order valence-corrected chi connectivity index (χ4v) is 4.83. The van der Waals surface area contributed by atoms with Gasteiger partial charge in [-0.3, -0.25) is 0 Å². The molecule has 1 atom stereocenters. The highest BCUT2D eigenvalue weighted by Crippen LogP contribution is 2.43. The standard InChI is InChI=1S/C29H40O3/c1-21-20-25(14-12-23(21)13-15-26(30)28(2,3)4)29(17-6-5-7-18-29)19-16-22-8-10-24(11-9-22)27(31)32/h8-15,20,26-27,30-32H,5-7,16-19H2,1-4H3. The van der Waals surface area contributed by atoms with Gasteiger partial charge in [0.05, 0.1) is 6.10 Å². The Hall–Kier alpha value is -1.94. The summed E-state index contributed by atoms with van der Waals surface area (Å²) in [7, 11) is 0. The summed E-state index contributed by atoms with van der Waals surface area (Å²) in [4.78, 5) is 0. The third kappa shape index (κ3) is 6.10. The van der Waals surface area contributed by atoms with Crippen LogP contribution in [0.25, 0.3) is 6.08 Å². The Bertz CT molecular complexity index is 897. The van der Waals surface area contributed by atoms with Crippen LogP contribution < -0.4 is 0 Å². The van der Waals surface area contributed by atoms with Crippen molar-refractivity contribution in [1.29, 1.82) is 0 Å². The molecule has 174 valence electrons. The number of rotatable bonds is 7. The van der Waals surface area contributed by atoms with Crippen LogP contribution in [0.1, 0.15) is 93.4 Å². The summed E-state index contributed by atoms with van der Waals surface area (Å²) in [5.74, 6) is 0. The highest BCUT2D eigenvalue weighted by atomic mass is 16.5. The van der Waals surface area contributed by atoms with E-state index in [2.05, 4.69) is 31.2 Å². The lowest BCUT2D eigenvalue weighted by Gasteiger charge is -2.38. The summed E-state index contributed by atoms with van der Waals surface area (Å²) in [5.41, 5.74) is 5.68. The summed E-state index contributed by atoms with van der Waals surface area (Å²) < 4.78 is 0. The minimum absolute atomic E-state index is 0.163. The van der Waals surface area contributed by atoms with Crippen LogP contribution in [0.2, 0.25) is 0 Å². The smallest absolute Gasteiger partial charge is 0.178 e. The monoisotopic (exact) mass is 436 g/mol. The molecule has 0 radical (unpaired) electrons. The van der Waals surface area contributed by atoms with E-state index in [1.54, 1.807) is 0 Å². The minimum Gasteiger partial charge on any atom is -0.388 e. The van der Waals surface area contributed by atoms with E-state index in [0.717, 1.165) is 12.8 Å². The van der Waals surface area contributed by atoms with Crippen LogP contribution >= 0.6 is 0 Å². The number of hydrogen-bond donors (Lipinski definition) is 3. The maximum Gasteiger partial charge on any atom is 0.178 e. The second kappa shape index (κ2) is 10.3. The Kier molecular flexibility index (Phi) is 7.97. The van der Waals surface area contributed by atoms with Crippen LogP contribution in [0.5, 0.6) is 0 Å². The lowest BCUT2D eigenvalue weighted by molar-refractivity contribution is -0.0424. The minimum atomic E-state index is -1.41. The van der Waals surface area contributed by atoms with E-state index >= 15 is 0 Å². The molecule has 32 heavy (non-hydrogen) atoms. The molecule has 0 aromatic heterocycles. The van der Waals surface area contributed by atoms with Crippen LogP contribution in [-0.2, 0) is 11.8 Å². The summed E-state index contributed by atoms with van der Waals surface area (Å²) in [6, 6.07) is 14.5. The molecule has 0 saturated heterocycles. The molecule has 0 heterocycles. The second-order valence-electron chi connectivity index (χ2n) is 10.7. The van der Waals surface area contributed by atoms with Gasteiger partial charge in [-0.05, 0) is 65.7 Å². The first-order valence-electron chi connectivity index (χ1n) is 12.0. The average Bonchev–Trinajstić information content (AvgIpc) is 2.77. The normalized spacial score (nSPS) is 17.8. The largest absolute Gasteiger partial charge is 0.388 e. The van der Waals surface area contributed by atoms with Gasteiger partial charge in [-0.15, -0.1) is 0 Å². The topological polar surface area (TPSA) is 60.7 Å². The molecule has 3 N–H and O–H groups in total. The number of benzene rings is 2. The first-order valence-corrected chi connectivity index (χ1v) is 12.0. The number of aliphatic hydroxyl groups is 3. The van der Waals surface area contributed by atoms with E-state index in [1.165, 1.54) is 54.4 Å². The van der Waals surface area contributed by atoms with Crippen LogP contribution in [0.15, 0.2) is 48.5 Å². The summed E-state index contributed by atoms with van der Waals surface area (Å²) in [6.07, 6.45) is 10.5. The lowest BCUT2D eigenvalue weighted by atomic mass is 9.66. The molecule has 3 rings (SSSR count). The van der Waals surface area contributed by atoms with Gasteiger partial charge in [0, 0.05) is 5.56 Å². The van der Waals surface area contributed by atoms with Crippen molar-refractivity contribution >= 4 is 6.08 Å². The predicted molar refractivity (Wildman–Crippen MR) is 132 cm³/mol. The van der Waals surface area contributed by atoms with Crippen LogP contribution in [0, 0.1) is 12.3 Å². The summed E-state index contributed by atoms with van der Waals surface area (Å²) in [6.45, 7) is 8.31. The van der Waals surface area contributed by atoms with Crippen LogP contribution in [0.4, 0.5) is 0 Å². The van der Waals surface area contributed by atoms with E-state index in [1.807, 2.05) is 51.1 Å². The van der Waals surface area contributed by atoms with Gasteiger partial charge in [-0.2, -0.15) is 0 Å². The van der Waals surface area contributed by atoms with Gasteiger partial charge in [0.15, 0.2) is 6.29 Å². The highest BCUT2D eigenvalue weighted by Gasteiger charge is 2.33. The van der Waals surface area contributed by atoms with E-state index in [-0.39, 0.29) is 10.8 Å². The zero-order chi connectivity index (χ0) is 23.4. The molecule has 3 nitrogen and oxygen atoms in total. The first-order chi connectivity index (χ1) is 15.1. The zero-order valence-electron chi connectivity index (χ0n) is 20.1. The maximum atomic E-state index is 10.3. The molecule has 1 aliphatic rings. The molecule has 0 aliphatic heterocycles. The molecule has 2 aromatic rings. The lowest BCUT2D eigenvalue weighted by Crippen LogP contribution is -2.30. The Balaban J connectivity index is 1.79. The second-order valence-corrected chi connectivity index (χ2v) is 10.7. The third-order valence-electron chi connectivity index (χ3n) is 7.21. The molecule has 1 unspecified atom stereocenters. The van der Waals surface area contributed by atoms with Crippen molar-refractivity contribution in [2.24, 2.45) is 5.41 Å². The Labute approximate surface area is 193 Å². The van der Waals surface area contributed by atoms with Gasteiger partial charge in [-0.25, -0.2) is 0 Å². The zero-order valence-corrected chi connectivity index (χ0v) is 20.1. The fourth-order valence-electron chi connectivity index (χ4n) is 4.83. The van der Waals surface area contributed by atoms with Crippen molar-refractivity contribution in [3.8, 4) is 0 Å². The summed E-state index contributed by atoms with van der Waals surface area (Å²) in [5, 5.41) is 29.0. The predicted octanol–water partition coefficient (Wildman–Crippen LogP) is 6.23. The SMILES string of the molecule is Cc1cc(C2(CCc3ccc(C(O)O)cc3)CCCCC2)ccc1C=CC(O)C(C)(C)C. The van der Waals surface area contributed by atoms with Gasteiger partial charge < -0.3 is 15.3 Å². The van der Waals surface area contributed by atoms with Crippen molar-refractivity contribution in [2.75, 3.05) is 0 Å².